The van der Waals surface area contributed by atoms with Gasteiger partial charge < -0.3 is 5.32 Å². The largest absolute Gasteiger partial charge is 0.315 e. The van der Waals surface area contributed by atoms with Gasteiger partial charge in [-0.1, -0.05) is 45.0 Å². The molecule has 2 unspecified atom stereocenters. The molecule has 0 spiro atoms. The van der Waals surface area contributed by atoms with Crippen molar-refractivity contribution in [3.8, 4) is 0 Å². The molecule has 2 heteroatoms. The van der Waals surface area contributed by atoms with Gasteiger partial charge in [0.25, 0.3) is 0 Å². The molecule has 0 bridgehead atoms. The number of rotatable bonds is 5. The molecule has 2 nitrogen and oxygen atoms in total. The molecular weight excluding hydrogens is 232 g/mol. The molecule has 2 rings (SSSR count). The molecule has 1 aromatic carbocycles. The molecule has 0 aliphatic carbocycles. The van der Waals surface area contributed by atoms with E-state index in [1.165, 1.54) is 24.1 Å². The van der Waals surface area contributed by atoms with Crippen LogP contribution in [-0.4, -0.2) is 30.6 Å². The fourth-order valence-electron chi connectivity index (χ4n) is 3.12. The van der Waals surface area contributed by atoms with E-state index in [0.717, 1.165) is 13.1 Å². The third kappa shape index (κ3) is 3.37. The minimum atomic E-state index is 0.510. The Morgan fingerprint density at radius 1 is 1.16 bits per heavy atom. The fraction of sp³-hybridized carbons (Fsp3) is 0.647. The average molecular weight is 260 g/mol. The van der Waals surface area contributed by atoms with E-state index in [1.807, 2.05) is 0 Å². The van der Waals surface area contributed by atoms with Crippen LogP contribution >= 0.6 is 0 Å². The zero-order valence-corrected chi connectivity index (χ0v) is 12.8. The third-order valence-electron chi connectivity index (χ3n) is 4.45. The minimum Gasteiger partial charge on any atom is -0.315 e. The first kappa shape index (κ1) is 14.5. The molecule has 106 valence electrons. The summed E-state index contributed by atoms with van der Waals surface area (Å²) in [6, 6.07) is 10.4. The number of benzene rings is 1. The van der Waals surface area contributed by atoms with Gasteiger partial charge in [-0.05, 0) is 43.5 Å². The highest BCUT2D eigenvalue weighted by atomic mass is 15.2. The van der Waals surface area contributed by atoms with E-state index in [4.69, 9.17) is 0 Å². The molecule has 0 aromatic heterocycles. The fourth-order valence-corrected chi connectivity index (χ4v) is 3.12. The maximum atomic E-state index is 3.48. The van der Waals surface area contributed by atoms with Crippen LogP contribution in [0.1, 0.15) is 57.2 Å². The van der Waals surface area contributed by atoms with Crippen molar-refractivity contribution in [2.24, 2.45) is 0 Å². The van der Waals surface area contributed by atoms with Gasteiger partial charge in [-0.3, -0.25) is 4.90 Å². The standard InChI is InChI=1S/C17H28N2/c1-5-19(17-10-11-18-12-17)14(4)16-8-6-15(7-9-16)13(2)3/h6-9,13-14,17-18H,5,10-12H2,1-4H3. The highest BCUT2D eigenvalue weighted by Crippen LogP contribution is 2.26. The Morgan fingerprint density at radius 2 is 1.79 bits per heavy atom. The Labute approximate surface area is 118 Å². The molecule has 0 radical (unpaired) electrons. The van der Waals surface area contributed by atoms with Crippen molar-refractivity contribution in [3.05, 3.63) is 35.4 Å². The van der Waals surface area contributed by atoms with E-state index < -0.39 is 0 Å². The molecule has 1 heterocycles. The summed E-state index contributed by atoms with van der Waals surface area (Å²) < 4.78 is 0. The molecule has 1 fully saturated rings. The summed E-state index contributed by atoms with van der Waals surface area (Å²) in [5.41, 5.74) is 2.87. The summed E-state index contributed by atoms with van der Waals surface area (Å²) in [6.45, 7) is 12.5. The number of nitrogens with one attached hydrogen (secondary N) is 1. The van der Waals surface area contributed by atoms with E-state index in [2.05, 4.69) is 62.2 Å². The number of hydrogen-bond acceptors (Lipinski definition) is 2. The van der Waals surface area contributed by atoms with Crippen LogP contribution in [0.3, 0.4) is 0 Å². The van der Waals surface area contributed by atoms with Crippen molar-refractivity contribution in [1.29, 1.82) is 0 Å². The van der Waals surface area contributed by atoms with Gasteiger partial charge in [0, 0.05) is 18.6 Å². The predicted octanol–water partition coefficient (Wildman–Crippen LogP) is 3.55. The first-order chi connectivity index (χ1) is 9.13. The maximum absolute atomic E-state index is 3.48. The van der Waals surface area contributed by atoms with Gasteiger partial charge in [-0.25, -0.2) is 0 Å². The molecular formula is C17H28N2. The summed E-state index contributed by atoms with van der Waals surface area (Å²) in [5, 5.41) is 3.48. The van der Waals surface area contributed by atoms with Gasteiger partial charge in [0.1, 0.15) is 0 Å². The van der Waals surface area contributed by atoms with Gasteiger partial charge >= 0.3 is 0 Å². The number of hydrogen-bond donors (Lipinski definition) is 1. The second kappa shape index (κ2) is 6.53. The number of likely N-dealkylation sites (N-methyl/N-ethyl adjacent to an activating group) is 1. The van der Waals surface area contributed by atoms with Gasteiger partial charge in [0.2, 0.25) is 0 Å². The predicted molar refractivity (Wildman–Crippen MR) is 82.6 cm³/mol. The van der Waals surface area contributed by atoms with Crippen molar-refractivity contribution < 1.29 is 0 Å². The lowest BCUT2D eigenvalue weighted by molar-refractivity contribution is 0.162. The number of nitrogens with zero attached hydrogens (tertiary/aromatic N) is 1. The van der Waals surface area contributed by atoms with Gasteiger partial charge in [-0.15, -0.1) is 0 Å². The van der Waals surface area contributed by atoms with E-state index in [9.17, 15) is 0 Å². The van der Waals surface area contributed by atoms with Gasteiger partial charge in [-0.2, -0.15) is 0 Å². The van der Waals surface area contributed by atoms with Crippen molar-refractivity contribution in [3.63, 3.8) is 0 Å². The Morgan fingerprint density at radius 3 is 2.26 bits per heavy atom. The normalized spacial score (nSPS) is 21.3. The monoisotopic (exact) mass is 260 g/mol. The molecule has 0 amide bonds. The van der Waals surface area contributed by atoms with Crippen molar-refractivity contribution >= 4 is 0 Å². The van der Waals surface area contributed by atoms with E-state index in [-0.39, 0.29) is 0 Å². The summed E-state index contributed by atoms with van der Waals surface area (Å²) in [7, 11) is 0. The van der Waals surface area contributed by atoms with Crippen molar-refractivity contribution in [2.75, 3.05) is 19.6 Å². The second-order valence-corrected chi connectivity index (χ2v) is 5.97. The molecule has 2 atom stereocenters. The molecule has 1 saturated heterocycles. The van der Waals surface area contributed by atoms with Crippen LogP contribution in [0.5, 0.6) is 0 Å². The Balaban J connectivity index is 2.10. The molecule has 19 heavy (non-hydrogen) atoms. The first-order valence-electron chi connectivity index (χ1n) is 7.69. The molecule has 1 aromatic rings. The Bertz CT molecular complexity index is 377. The highest BCUT2D eigenvalue weighted by molar-refractivity contribution is 5.26. The van der Waals surface area contributed by atoms with Crippen LogP contribution in [-0.2, 0) is 0 Å². The minimum absolute atomic E-state index is 0.510. The summed E-state index contributed by atoms with van der Waals surface area (Å²) in [5.74, 6) is 0.616. The topological polar surface area (TPSA) is 15.3 Å². The van der Waals surface area contributed by atoms with E-state index in [1.54, 1.807) is 0 Å². The molecule has 1 aliphatic rings. The Kier molecular flexibility index (Phi) is 5.00. The summed E-state index contributed by atoms with van der Waals surface area (Å²) >= 11 is 0. The van der Waals surface area contributed by atoms with E-state index >= 15 is 0 Å². The maximum Gasteiger partial charge on any atom is 0.0323 e. The van der Waals surface area contributed by atoms with Gasteiger partial charge in [0.15, 0.2) is 0 Å². The SMILES string of the molecule is CCN(C1CCNC1)C(C)c1ccc(C(C)C)cc1. The quantitative estimate of drug-likeness (QED) is 0.871. The lowest BCUT2D eigenvalue weighted by Gasteiger charge is -2.33. The average Bonchev–Trinajstić information content (AvgIpc) is 2.93. The van der Waals surface area contributed by atoms with Crippen LogP contribution < -0.4 is 5.32 Å². The lowest BCUT2D eigenvalue weighted by atomic mass is 9.98. The zero-order chi connectivity index (χ0) is 13.8. The first-order valence-corrected chi connectivity index (χ1v) is 7.69. The van der Waals surface area contributed by atoms with Crippen molar-refractivity contribution in [1.82, 2.24) is 10.2 Å². The smallest absolute Gasteiger partial charge is 0.0323 e. The van der Waals surface area contributed by atoms with Crippen LogP contribution in [0.2, 0.25) is 0 Å². The summed E-state index contributed by atoms with van der Waals surface area (Å²) in [6.07, 6.45) is 1.28. The van der Waals surface area contributed by atoms with E-state index in [0.29, 0.717) is 18.0 Å². The lowest BCUT2D eigenvalue weighted by Crippen LogP contribution is -2.38. The molecule has 0 saturated carbocycles. The van der Waals surface area contributed by atoms with Crippen LogP contribution in [0.25, 0.3) is 0 Å². The summed E-state index contributed by atoms with van der Waals surface area (Å²) in [4.78, 5) is 2.63. The molecule has 1 N–H and O–H groups in total. The van der Waals surface area contributed by atoms with Crippen LogP contribution in [0.4, 0.5) is 0 Å². The highest BCUT2D eigenvalue weighted by Gasteiger charge is 2.25. The third-order valence-corrected chi connectivity index (χ3v) is 4.45. The molecule has 1 aliphatic heterocycles. The van der Waals surface area contributed by atoms with Crippen LogP contribution in [0.15, 0.2) is 24.3 Å². The zero-order valence-electron chi connectivity index (χ0n) is 12.8. The van der Waals surface area contributed by atoms with Crippen LogP contribution in [0, 0.1) is 0 Å². The van der Waals surface area contributed by atoms with Gasteiger partial charge in [0.05, 0.1) is 0 Å². The van der Waals surface area contributed by atoms with Crippen molar-refractivity contribution in [2.45, 2.75) is 52.1 Å². The Hall–Kier alpha value is -0.860. The second-order valence-electron chi connectivity index (χ2n) is 5.97.